The van der Waals surface area contributed by atoms with Crippen LogP contribution in [-0.4, -0.2) is 14.2 Å². The molecular formula is C15H22O3S2. The van der Waals surface area contributed by atoms with E-state index in [-0.39, 0.29) is 5.75 Å². The molecule has 0 aliphatic heterocycles. The van der Waals surface area contributed by atoms with Gasteiger partial charge in [-0.25, -0.2) is 0 Å². The molecule has 20 heavy (non-hydrogen) atoms. The van der Waals surface area contributed by atoms with E-state index in [1.165, 1.54) is 11.3 Å². The Kier molecular flexibility index (Phi) is 8.30. The fourth-order valence-corrected chi connectivity index (χ4v) is 3.49. The normalized spacial score (nSPS) is 10.8. The average Bonchev–Trinajstić information content (AvgIpc) is 2.52. The Morgan fingerprint density at radius 3 is 2.50 bits per heavy atom. The summed E-state index contributed by atoms with van der Waals surface area (Å²) in [5, 5.41) is 2.18. The number of hydrogen-bond donors (Lipinski definition) is 0. The Morgan fingerprint density at radius 1 is 1.00 bits per heavy atom. The van der Waals surface area contributed by atoms with Gasteiger partial charge < -0.3 is 4.18 Å². The van der Waals surface area contributed by atoms with Crippen LogP contribution in [0.5, 0.6) is 5.06 Å². The van der Waals surface area contributed by atoms with Crippen LogP contribution in [0.1, 0.15) is 39.0 Å². The lowest BCUT2D eigenvalue weighted by Gasteiger charge is -2.05. The third kappa shape index (κ3) is 8.17. The molecule has 112 valence electrons. The van der Waals surface area contributed by atoms with Gasteiger partial charge in [0.15, 0.2) is 5.06 Å². The molecule has 1 rings (SSSR count). The van der Waals surface area contributed by atoms with Gasteiger partial charge in [-0.3, -0.25) is 0 Å². The summed E-state index contributed by atoms with van der Waals surface area (Å²) in [5.41, 5.74) is 0. The Bertz CT molecular complexity index is 495. The topological polar surface area (TPSA) is 43.4 Å². The van der Waals surface area contributed by atoms with E-state index >= 15 is 0 Å². The second-order valence-corrected chi connectivity index (χ2v) is 7.06. The van der Waals surface area contributed by atoms with E-state index in [1.807, 2.05) is 24.3 Å². The summed E-state index contributed by atoms with van der Waals surface area (Å²) in [6.07, 6.45) is 4.99. The number of unbranched alkanes of at least 4 members (excludes halogenated alkanes) is 4. The maximum absolute atomic E-state index is 11.9. The van der Waals surface area contributed by atoms with E-state index in [0.717, 1.165) is 25.7 Å². The molecule has 0 aliphatic rings. The molecule has 0 bridgehead atoms. The van der Waals surface area contributed by atoms with Crippen LogP contribution in [0, 0.1) is 0 Å². The maximum atomic E-state index is 11.9. The zero-order chi connectivity index (χ0) is 14.7. The van der Waals surface area contributed by atoms with Crippen molar-refractivity contribution in [2.24, 2.45) is 0 Å². The quantitative estimate of drug-likeness (QED) is 0.522. The van der Waals surface area contributed by atoms with Crippen molar-refractivity contribution in [2.75, 3.05) is 5.75 Å². The van der Waals surface area contributed by atoms with Crippen LogP contribution < -0.4 is 4.18 Å². The molecule has 0 radical (unpaired) electrons. The summed E-state index contributed by atoms with van der Waals surface area (Å²) in [5.74, 6) is 0.0836. The van der Waals surface area contributed by atoms with Gasteiger partial charge in [0, 0.05) is 0 Å². The molecule has 3 nitrogen and oxygen atoms in total. The fraction of sp³-hybridized carbons (Fsp3) is 0.467. The molecule has 0 aromatic carbocycles. The van der Waals surface area contributed by atoms with E-state index < -0.39 is 10.1 Å². The predicted molar refractivity (Wildman–Crippen MR) is 85.1 cm³/mol. The van der Waals surface area contributed by atoms with Crippen LogP contribution >= 0.6 is 11.3 Å². The highest BCUT2D eigenvalue weighted by molar-refractivity contribution is 7.87. The predicted octanol–water partition coefficient (Wildman–Crippen LogP) is 4.55. The highest BCUT2D eigenvalue weighted by atomic mass is 32.2. The summed E-state index contributed by atoms with van der Waals surface area (Å²) in [6.45, 7) is 2.14. The molecule has 0 fully saturated rings. The number of rotatable bonds is 8. The number of hydrogen-bond acceptors (Lipinski definition) is 4. The van der Waals surface area contributed by atoms with E-state index in [1.54, 1.807) is 17.5 Å². The summed E-state index contributed by atoms with van der Waals surface area (Å²) in [7, 11) is -3.49. The second kappa shape index (κ2) is 9.77. The van der Waals surface area contributed by atoms with Crippen molar-refractivity contribution in [3.8, 4) is 5.06 Å². The first kappa shape index (κ1) is 17.0. The summed E-state index contributed by atoms with van der Waals surface area (Å²) in [6, 6.07) is 10.9. The summed E-state index contributed by atoms with van der Waals surface area (Å²) >= 11 is 1.26. The molecule has 0 spiro atoms. The third-order valence-corrected chi connectivity index (χ3v) is 4.72. The molecular weight excluding hydrogens is 292 g/mol. The highest BCUT2D eigenvalue weighted by Gasteiger charge is 2.12. The van der Waals surface area contributed by atoms with Crippen molar-refractivity contribution < 1.29 is 12.6 Å². The minimum absolute atomic E-state index is 0.0836. The molecule has 0 amide bonds. The van der Waals surface area contributed by atoms with E-state index in [2.05, 4.69) is 6.92 Å². The molecule has 1 aromatic heterocycles. The first-order valence-electron chi connectivity index (χ1n) is 6.93. The Hall–Kier alpha value is -1.07. The Morgan fingerprint density at radius 2 is 1.70 bits per heavy atom. The molecule has 0 unspecified atom stereocenters. The van der Waals surface area contributed by atoms with Crippen molar-refractivity contribution >= 4 is 21.5 Å². The van der Waals surface area contributed by atoms with Crippen molar-refractivity contribution in [2.45, 2.75) is 39.0 Å². The smallest absolute Gasteiger partial charge is 0.309 e. The van der Waals surface area contributed by atoms with Gasteiger partial charge in [-0.2, -0.15) is 8.42 Å². The van der Waals surface area contributed by atoms with E-state index in [0.29, 0.717) is 11.5 Å². The van der Waals surface area contributed by atoms with Gasteiger partial charge in [0.25, 0.3) is 0 Å². The second-order valence-electron chi connectivity index (χ2n) is 4.46. The minimum Gasteiger partial charge on any atom is -0.371 e. The van der Waals surface area contributed by atoms with Gasteiger partial charge in [0.2, 0.25) is 0 Å². The fourth-order valence-electron chi connectivity index (χ4n) is 1.61. The third-order valence-electron chi connectivity index (χ3n) is 2.65. The SMILES string of the molecule is CCCCCCCS(=O)(=O)Oc1cccccccs1. The first-order valence-corrected chi connectivity index (χ1v) is 9.39. The van der Waals surface area contributed by atoms with Gasteiger partial charge in [-0.15, -0.1) is 11.3 Å². The van der Waals surface area contributed by atoms with E-state index in [9.17, 15) is 8.42 Å². The molecule has 1 aromatic rings. The molecule has 5 heteroatoms. The van der Waals surface area contributed by atoms with Crippen LogP contribution in [0.4, 0.5) is 0 Å². The molecule has 0 aliphatic carbocycles. The lowest BCUT2D eigenvalue weighted by molar-refractivity contribution is 0.488. The lowest BCUT2D eigenvalue weighted by atomic mass is 10.2. The van der Waals surface area contributed by atoms with Crippen molar-refractivity contribution in [1.82, 2.24) is 0 Å². The summed E-state index contributed by atoms with van der Waals surface area (Å²) < 4.78 is 28.9. The van der Waals surface area contributed by atoms with Gasteiger partial charge in [-0.1, -0.05) is 62.9 Å². The minimum atomic E-state index is -3.49. The molecule has 0 saturated heterocycles. The zero-order valence-corrected chi connectivity index (χ0v) is 13.5. The molecule has 0 saturated carbocycles. The Balaban J connectivity index is 2.56. The first-order chi connectivity index (χ1) is 9.64. The van der Waals surface area contributed by atoms with Crippen LogP contribution in [0.25, 0.3) is 0 Å². The summed E-state index contributed by atoms with van der Waals surface area (Å²) in [4.78, 5) is 0. The van der Waals surface area contributed by atoms with Crippen LogP contribution in [0.3, 0.4) is 0 Å². The van der Waals surface area contributed by atoms with Crippen LogP contribution in [0.15, 0.2) is 41.8 Å². The van der Waals surface area contributed by atoms with Gasteiger partial charge >= 0.3 is 10.1 Å². The van der Waals surface area contributed by atoms with E-state index in [4.69, 9.17) is 4.18 Å². The highest BCUT2D eigenvalue weighted by Crippen LogP contribution is 2.17. The maximum Gasteiger partial charge on any atom is 0.309 e. The monoisotopic (exact) mass is 314 g/mol. The largest absolute Gasteiger partial charge is 0.371 e. The van der Waals surface area contributed by atoms with Crippen LogP contribution in [-0.2, 0) is 10.1 Å². The van der Waals surface area contributed by atoms with Crippen molar-refractivity contribution in [1.29, 1.82) is 0 Å². The lowest BCUT2D eigenvalue weighted by Crippen LogP contribution is -2.13. The molecule has 0 atom stereocenters. The van der Waals surface area contributed by atoms with Gasteiger partial charge in [0.05, 0.1) is 5.75 Å². The van der Waals surface area contributed by atoms with Gasteiger partial charge in [-0.05, 0) is 17.9 Å². The Labute approximate surface area is 126 Å². The van der Waals surface area contributed by atoms with Crippen LogP contribution in [0.2, 0.25) is 0 Å². The zero-order valence-electron chi connectivity index (χ0n) is 11.8. The molecule has 1 heterocycles. The van der Waals surface area contributed by atoms with Gasteiger partial charge in [0.1, 0.15) is 0 Å². The van der Waals surface area contributed by atoms with Crippen molar-refractivity contribution in [3.05, 3.63) is 41.8 Å². The molecule has 0 N–H and O–H groups in total. The van der Waals surface area contributed by atoms with Crippen molar-refractivity contribution in [3.63, 3.8) is 0 Å². The average molecular weight is 314 g/mol. The standard InChI is InChI=1S/C15H22O3S2/c1-2-3-4-8-11-14-20(16,17)18-15-12-9-6-5-7-10-13-19-15/h5-7,9-10,12-13H,2-4,8,11,14H2,1H3.